The average Bonchev–Trinajstić information content (AvgIpc) is 1.85. The molecule has 3 unspecified atom stereocenters. The third kappa shape index (κ3) is 1.71. The average molecular weight is 139 g/mol. The zero-order valence-electron chi connectivity index (χ0n) is 6.25. The van der Waals surface area contributed by atoms with Crippen LogP contribution in [-0.4, -0.2) is 11.2 Å². The highest BCUT2D eigenvalue weighted by Crippen LogP contribution is 2.27. The zero-order chi connectivity index (χ0) is 7.56. The van der Waals surface area contributed by atoms with Crippen molar-refractivity contribution in [2.45, 2.75) is 32.3 Å². The van der Waals surface area contributed by atoms with Gasteiger partial charge in [0.25, 0.3) is 0 Å². The monoisotopic (exact) mass is 139 g/mol. The van der Waals surface area contributed by atoms with Crippen LogP contribution in [0.25, 0.3) is 0 Å². The number of hydrogen-bond acceptors (Lipinski definition) is 2. The highest BCUT2D eigenvalue weighted by Gasteiger charge is 2.24. The molecule has 0 aliphatic heterocycles. The Labute approximate surface area is 61.5 Å². The minimum Gasteiger partial charge on any atom is -0.393 e. The van der Waals surface area contributed by atoms with E-state index >= 15 is 0 Å². The standard InChI is InChI=1S/C8H13NO/c1-6-2-7(5-9)4-8(10)3-6/h6-8,10H,2-4H2,1H3. The van der Waals surface area contributed by atoms with Crippen LogP contribution in [0.15, 0.2) is 0 Å². The van der Waals surface area contributed by atoms with Gasteiger partial charge in [0.05, 0.1) is 12.2 Å². The van der Waals surface area contributed by atoms with E-state index in [1.54, 1.807) is 0 Å². The first kappa shape index (κ1) is 7.56. The number of rotatable bonds is 0. The van der Waals surface area contributed by atoms with Crippen molar-refractivity contribution in [3.05, 3.63) is 0 Å². The molecule has 0 saturated heterocycles. The summed E-state index contributed by atoms with van der Waals surface area (Å²) in [5, 5.41) is 17.8. The molecule has 1 aliphatic rings. The van der Waals surface area contributed by atoms with Crippen LogP contribution in [0.5, 0.6) is 0 Å². The molecule has 0 spiro atoms. The van der Waals surface area contributed by atoms with Crippen LogP contribution in [0.2, 0.25) is 0 Å². The van der Waals surface area contributed by atoms with Gasteiger partial charge in [-0.1, -0.05) is 6.92 Å². The van der Waals surface area contributed by atoms with E-state index < -0.39 is 0 Å². The van der Waals surface area contributed by atoms with E-state index in [1.165, 1.54) is 0 Å². The minimum absolute atomic E-state index is 0.0961. The highest BCUT2D eigenvalue weighted by molar-refractivity contribution is 4.89. The van der Waals surface area contributed by atoms with Gasteiger partial charge in [-0.3, -0.25) is 0 Å². The molecule has 2 heteroatoms. The van der Waals surface area contributed by atoms with Gasteiger partial charge in [-0.2, -0.15) is 5.26 Å². The highest BCUT2D eigenvalue weighted by atomic mass is 16.3. The molecule has 0 aromatic rings. The molecule has 3 atom stereocenters. The molecule has 1 aliphatic carbocycles. The van der Waals surface area contributed by atoms with Gasteiger partial charge in [0.1, 0.15) is 0 Å². The quantitative estimate of drug-likeness (QED) is 0.550. The van der Waals surface area contributed by atoms with E-state index in [2.05, 4.69) is 13.0 Å². The molecule has 1 saturated carbocycles. The number of aliphatic hydroxyl groups is 1. The molecule has 56 valence electrons. The fraction of sp³-hybridized carbons (Fsp3) is 0.875. The normalized spacial score (nSPS) is 40.7. The van der Waals surface area contributed by atoms with Crippen molar-refractivity contribution in [3.63, 3.8) is 0 Å². The summed E-state index contributed by atoms with van der Waals surface area (Å²) in [6.07, 6.45) is 2.29. The van der Waals surface area contributed by atoms with Crippen LogP contribution >= 0.6 is 0 Å². The first-order valence-corrected chi connectivity index (χ1v) is 3.80. The first-order valence-electron chi connectivity index (χ1n) is 3.80. The molecule has 1 N–H and O–H groups in total. The Hall–Kier alpha value is -0.550. The van der Waals surface area contributed by atoms with Crippen molar-refractivity contribution in [1.29, 1.82) is 5.26 Å². The van der Waals surface area contributed by atoms with Crippen LogP contribution in [0.3, 0.4) is 0 Å². The molecule has 0 heterocycles. The summed E-state index contributed by atoms with van der Waals surface area (Å²) in [6.45, 7) is 2.09. The molecule has 2 nitrogen and oxygen atoms in total. The van der Waals surface area contributed by atoms with Crippen LogP contribution in [0, 0.1) is 23.2 Å². The molecule has 0 radical (unpaired) electrons. The lowest BCUT2D eigenvalue weighted by Gasteiger charge is -2.25. The topological polar surface area (TPSA) is 44.0 Å². The first-order chi connectivity index (χ1) is 4.72. The summed E-state index contributed by atoms with van der Waals surface area (Å²) in [5.41, 5.74) is 0. The van der Waals surface area contributed by atoms with E-state index in [0.717, 1.165) is 12.8 Å². The van der Waals surface area contributed by atoms with Gasteiger partial charge in [-0.05, 0) is 25.2 Å². The molecule has 0 aromatic carbocycles. The van der Waals surface area contributed by atoms with Gasteiger partial charge in [0.15, 0.2) is 0 Å². The van der Waals surface area contributed by atoms with Crippen molar-refractivity contribution >= 4 is 0 Å². The van der Waals surface area contributed by atoms with Gasteiger partial charge >= 0.3 is 0 Å². The number of nitriles is 1. The second kappa shape index (κ2) is 3.03. The number of nitrogens with zero attached hydrogens (tertiary/aromatic N) is 1. The largest absolute Gasteiger partial charge is 0.393 e. The summed E-state index contributed by atoms with van der Waals surface area (Å²) in [5.74, 6) is 0.618. The Morgan fingerprint density at radius 2 is 2.10 bits per heavy atom. The van der Waals surface area contributed by atoms with Gasteiger partial charge in [-0.15, -0.1) is 0 Å². The predicted octanol–water partition coefficient (Wildman–Crippen LogP) is 1.31. The summed E-state index contributed by atoms with van der Waals surface area (Å²) in [7, 11) is 0. The minimum atomic E-state index is -0.228. The van der Waals surface area contributed by atoms with Crippen LogP contribution < -0.4 is 0 Å². The van der Waals surface area contributed by atoms with Crippen molar-refractivity contribution in [1.82, 2.24) is 0 Å². The molecular formula is C8H13NO. The Morgan fingerprint density at radius 1 is 1.40 bits per heavy atom. The van der Waals surface area contributed by atoms with E-state index in [0.29, 0.717) is 12.3 Å². The zero-order valence-corrected chi connectivity index (χ0v) is 6.25. The lowest BCUT2D eigenvalue weighted by molar-refractivity contribution is 0.0894. The Balaban J connectivity index is 2.44. The maximum atomic E-state index is 9.23. The number of hydrogen-bond donors (Lipinski definition) is 1. The molecule has 1 rings (SSSR count). The third-order valence-corrected chi connectivity index (χ3v) is 2.10. The van der Waals surface area contributed by atoms with Crippen molar-refractivity contribution in [3.8, 4) is 6.07 Å². The summed E-state index contributed by atoms with van der Waals surface area (Å²) in [6, 6.07) is 2.20. The van der Waals surface area contributed by atoms with E-state index in [9.17, 15) is 5.11 Å². The van der Waals surface area contributed by atoms with Crippen LogP contribution in [-0.2, 0) is 0 Å². The maximum Gasteiger partial charge on any atom is 0.0656 e. The van der Waals surface area contributed by atoms with Gasteiger partial charge in [0, 0.05) is 5.92 Å². The predicted molar refractivity (Wildman–Crippen MR) is 38.1 cm³/mol. The second-order valence-corrected chi connectivity index (χ2v) is 3.29. The molecule has 0 aromatic heterocycles. The van der Waals surface area contributed by atoms with Crippen molar-refractivity contribution < 1.29 is 5.11 Å². The summed E-state index contributed by atoms with van der Waals surface area (Å²) < 4.78 is 0. The van der Waals surface area contributed by atoms with Crippen molar-refractivity contribution in [2.75, 3.05) is 0 Å². The molecular weight excluding hydrogens is 126 g/mol. The summed E-state index contributed by atoms with van der Waals surface area (Å²) >= 11 is 0. The van der Waals surface area contributed by atoms with Crippen LogP contribution in [0.1, 0.15) is 26.2 Å². The van der Waals surface area contributed by atoms with Crippen molar-refractivity contribution in [2.24, 2.45) is 11.8 Å². The smallest absolute Gasteiger partial charge is 0.0656 e. The fourth-order valence-electron chi connectivity index (χ4n) is 1.67. The Morgan fingerprint density at radius 3 is 2.60 bits per heavy atom. The maximum absolute atomic E-state index is 9.23. The molecule has 0 bridgehead atoms. The Bertz CT molecular complexity index is 140. The fourth-order valence-corrected chi connectivity index (χ4v) is 1.67. The van der Waals surface area contributed by atoms with E-state index in [4.69, 9.17) is 5.26 Å². The number of aliphatic hydroxyl groups excluding tert-OH is 1. The lowest BCUT2D eigenvalue weighted by Crippen LogP contribution is -2.23. The third-order valence-electron chi connectivity index (χ3n) is 2.10. The SMILES string of the molecule is CC1CC(O)CC(C#N)C1. The molecule has 0 amide bonds. The van der Waals surface area contributed by atoms with Gasteiger partial charge in [0.2, 0.25) is 0 Å². The van der Waals surface area contributed by atoms with Crippen LogP contribution in [0.4, 0.5) is 0 Å². The van der Waals surface area contributed by atoms with Gasteiger partial charge < -0.3 is 5.11 Å². The second-order valence-electron chi connectivity index (χ2n) is 3.29. The van der Waals surface area contributed by atoms with E-state index in [-0.39, 0.29) is 12.0 Å². The van der Waals surface area contributed by atoms with E-state index in [1.807, 2.05) is 0 Å². The van der Waals surface area contributed by atoms with Gasteiger partial charge in [-0.25, -0.2) is 0 Å². The lowest BCUT2D eigenvalue weighted by atomic mass is 9.82. The molecule has 1 fully saturated rings. The Kier molecular flexibility index (Phi) is 2.29. The molecule has 10 heavy (non-hydrogen) atoms. The summed E-state index contributed by atoms with van der Waals surface area (Å²) in [4.78, 5) is 0.